The van der Waals surface area contributed by atoms with Gasteiger partial charge in [-0.05, 0) is 42.3 Å². The third-order valence-electron chi connectivity index (χ3n) is 4.32. The Labute approximate surface area is 162 Å². The molecule has 1 aromatic heterocycles. The fraction of sp³-hybridized carbons (Fsp3) is 0.0909. The summed E-state index contributed by atoms with van der Waals surface area (Å²) in [6.07, 6.45) is 2.15. The van der Waals surface area contributed by atoms with Crippen LogP contribution in [0.1, 0.15) is 22.8 Å². The smallest absolute Gasteiger partial charge is 0.336 e. The van der Waals surface area contributed by atoms with E-state index in [1.54, 1.807) is 42.5 Å². The first kappa shape index (κ1) is 18.6. The number of nitrogens with one attached hydrogen (secondary N) is 1. The van der Waals surface area contributed by atoms with Crippen molar-refractivity contribution in [1.29, 1.82) is 10.5 Å². The van der Waals surface area contributed by atoms with Crippen LogP contribution in [0, 0.1) is 22.7 Å². The van der Waals surface area contributed by atoms with E-state index in [1.165, 1.54) is 6.20 Å². The van der Waals surface area contributed by atoms with Crippen LogP contribution in [0.15, 0.2) is 60.3 Å². The lowest BCUT2D eigenvalue weighted by molar-refractivity contribution is 0.0699. The number of aryl methyl sites for hydroxylation is 1. The van der Waals surface area contributed by atoms with Gasteiger partial charge in [-0.3, -0.25) is 0 Å². The molecule has 0 atom stereocenters. The molecule has 3 rings (SSSR count). The van der Waals surface area contributed by atoms with Crippen molar-refractivity contribution in [2.45, 2.75) is 13.3 Å². The van der Waals surface area contributed by atoms with E-state index in [4.69, 9.17) is 10.5 Å². The average Bonchev–Trinajstić information content (AvgIpc) is 2.73. The topological polar surface area (TPSA) is 110 Å². The fourth-order valence-corrected chi connectivity index (χ4v) is 2.80. The number of carboxylic acid groups (broad SMARTS) is 1. The number of hydrogen-bond acceptors (Lipinski definition) is 5. The molecule has 3 aromatic rings. The van der Waals surface area contributed by atoms with Crippen molar-refractivity contribution in [2.75, 3.05) is 5.32 Å². The van der Waals surface area contributed by atoms with E-state index in [9.17, 15) is 9.90 Å². The van der Waals surface area contributed by atoms with E-state index in [1.807, 2.05) is 25.1 Å². The predicted molar refractivity (Wildman–Crippen MR) is 106 cm³/mol. The molecule has 0 aliphatic carbocycles. The number of benzene rings is 2. The Hall–Kier alpha value is -4.16. The van der Waals surface area contributed by atoms with Gasteiger partial charge >= 0.3 is 5.97 Å². The summed E-state index contributed by atoms with van der Waals surface area (Å²) in [5.41, 5.74) is 3.89. The summed E-state index contributed by atoms with van der Waals surface area (Å²) in [6, 6.07) is 17.9. The minimum absolute atomic E-state index is 0.0298. The minimum atomic E-state index is -0.995. The van der Waals surface area contributed by atoms with E-state index in [0.29, 0.717) is 22.3 Å². The second-order valence-electron chi connectivity index (χ2n) is 6.07. The van der Waals surface area contributed by atoms with E-state index >= 15 is 0 Å². The van der Waals surface area contributed by atoms with Gasteiger partial charge in [-0.15, -0.1) is 0 Å². The van der Waals surface area contributed by atoms with Crippen LogP contribution in [0.4, 0.5) is 5.69 Å². The lowest BCUT2D eigenvalue weighted by Gasteiger charge is -2.09. The number of nitriles is 2. The Morgan fingerprint density at radius 2 is 1.86 bits per heavy atom. The zero-order valence-electron chi connectivity index (χ0n) is 15.1. The Kier molecular flexibility index (Phi) is 5.34. The van der Waals surface area contributed by atoms with Crippen LogP contribution in [0.5, 0.6) is 0 Å². The highest BCUT2D eigenvalue weighted by Crippen LogP contribution is 2.27. The standard InChI is InChI=1S/C22H16N4O2/c1-2-14-3-8-20-18(9-14)19(22(27)28)10-21(26-20)16-4-6-17(7-5-16)25-13-15(11-23)12-24/h3-10,13,25H,2H2,1H3,(H,27,28). The van der Waals surface area contributed by atoms with Crippen molar-refractivity contribution in [3.8, 4) is 23.4 Å². The number of carbonyl (C=O) groups is 1. The highest BCUT2D eigenvalue weighted by Gasteiger charge is 2.13. The van der Waals surface area contributed by atoms with Gasteiger partial charge in [0.05, 0.1) is 16.8 Å². The van der Waals surface area contributed by atoms with Crippen LogP contribution >= 0.6 is 0 Å². The first-order valence-electron chi connectivity index (χ1n) is 8.60. The monoisotopic (exact) mass is 368 g/mol. The fourth-order valence-electron chi connectivity index (χ4n) is 2.80. The molecular formula is C22H16N4O2. The Bertz CT molecular complexity index is 1150. The molecule has 0 saturated carbocycles. The van der Waals surface area contributed by atoms with Gasteiger partial charge in [-0.2, -0.15) is 10.5 Å². The molecule has 0 bridgehead atoms. The number of aromatic carboxylic acids is 1. The number of rotatable bonds is 5. The molecule has 0 aliphatic heterocycles. The van der Waals surface area contributed by atoms with Crippen molar-refractivity contribution in [3.05, 3.63) is 71.4 Å². The third-order valence-corrected chi connectivity index (χ3v) is 4.32. The lowest BCUT2D eigenvalue weighted by Crippen LogP contribution is -2.01. The number of anilines is 1. The van der Waals surface area contributed by atoms with Gasteiger partial charge in [0.15, 0.2) is 0 Å². The Balaban J connectivity index is 2.00. The second-order valence-corrected chi connectivity index (χ2v) is 6.07. The summed E-state index contributed by atoms with van der Waals surface area (Å²) >= 11 is 0. The largest absolute Gasteiger partial charge is 0.478 e. The van der Waals surface area contributed by atoms with Gasteiger partial charge in [0.2, 0.25) is 0 Å². The molecule has 0 amide bonds. The van der Waals surface area contributed by atoms with Crippen LogP contribution in [-0.4, -0.2) is 16.1 Å². The summed E-state index contributed by atoms with van der Waals surface area (Å²) in [7, 11) is 0. The number of fused-ring (bicyclic) bond motifs is 1. The van der Waals surface area contributed by atoms with Gasteiger partial charge in [0.25, 0.3) is 0 Å². The number of nitrogens with zero attached hydrogens (tertiary/aromatic N) is 3. The molecule has 2 aromatic carbocycles. The maximum atomic E-state index is 11.8. The third kappa shape index (κ3) is 3.82. The summed E-state index contributed by atoms with van der Waals surface area (Å²) in [6.45, 7) is 2.02. The van der Waals surface area contributed by atoms with E-state index in [-0.39, 0.29) is 11.1 Å². The maximum absolute atomic E-state index is 11.8. The number of pyridine rings is 1. The van der Waals surface area contributed by atoms with E-state index in [0.717, 1.165) is 17.5 Å². The van der Waals surface area contributed by atoms with Gasteiger partial charge in [0, 0.05) is 22.8 Å². The predicted octanol–water partition coefficient (Wildman–Crippen LogP) is 4.51. The normalized spacial score (nSPS) is 9.96. The molecule has 28 heavy (non-hydrogen) atoms. The molecule has 0 fully saturated rings. The molecule has 6 heteroatoms. The Morgan fingerprint density at radius 1 is 1.14 bits per heavy atom. The van der Waals surface area contributed by atoms with Crippen molar-refractivity contribution in [2.24, 2.45) is 0 Å². The number of allylic oxidation sites excluding steroid dienone is 1. The van der Waals surface area contributed by atoms with E-state index < -0.39 is 5.97 Å². The Morgan fingerprint density at radius 3 is 2.46 bits per heavy atom. The molecule has 2 N–H and O–H groups in total. The number of hydrogen-bond donors (Lipinski definition) is 2. The van der Waals surface area contributed by atoms with Gasteiger partial charge < -0.3 is 10.4 Å². The van der Waals surface area contributed by atoms with Gasteiger partial charge in [0.1, 0.15) is 17.7 Å². The lowest BCUT2D eigenvalue weighted by atomic mass is 10.0. The average molecular weight is 368 g/mol. The van der Waals surface area contributed by atoms with Crippen LogP contribution in [0.25, 0.3) is 22.2 Å². The van der Waals surface area contributed by atoms with Crippen LogP contribution in [0.3, 0.4) is 0 Å². The molecule has 0 saturated heterocycles. The van der Waals surface area contributed by atoms with Gasteiger partial charge in [-0.25, -0.2) is 9.78 Å². The van der Waals surface area contributed by atoms with Gasteiger partial charge in [-0.1, -0.05) is 25.1 Å². The molecule has 0 spiro atoms. The van der Waals surface area contributed by atoms with Crippen LogP contribution < -0.4 is 5.32 Å². The van der Waals surface area contributed by atoms with Crippen LogP contribution in [0.2, 0.25) is 0 Å². The summed E-state index contributed by atoms with van der Waals surface area (Å²) in [4.78, 5) is 16.4. The minimum Gasteiger partial charge on any atom is -0.478 e. The quantitative estimate of drug-likeness (QED) is 0.641. The van der Waals surface area contributed by atoms with Crippen LogP contribution in [-0.2, 0) is 6.42 Å². The summed E-state index contributed by atoms with van der Waals surface area (Å²) < 4.78 is 0. The molecule has 1 heterocycles. The molecular weight excluding hydrogens is 352 g/mol. The number of carboxylic acids is 1. The summed E-state index contributed by atoms with van der Waals surface area (Å²) in [5, 5.41) is 30.6. The zero-order valence-corrected chi connectivity index (χ0v) is 15.1. The zero-order chi connectivity index (χ0) is 20.1. The van der Waals surface area contributed by atoms with Crippen molar-refractivity contribution in [3.63, 3.8) is 0 Å². The number of aromatic nitrogens is 1. The second kappa shape index (κ2) is 8.03. The van der Waals surface area contributed by atoms with Crippen molar-refractivity contribution >= 4 is 22.6 Å². The first-order valence-corrected chi connectivity index (χ1v) is 8.60. The van der Waals surface area contributed by atoms with E-state index in [2.05, 4.69) is 10.3 Å². The van der Waals surface area contributed by atoms with Crippen molar-refractivity contribution < 1.29 is 9.90 Å². The molecule has 136 valence electrons. The summed E-state index contributed by atoms with van der Waals surface area (Å²) in [5.74, 6) is -0.995. The molecule has 0 aliphatic rings. The first-order chi connectivity index (χ1) is 13.5. The maximum Gasteiger partial charge on any atom is 0.336 e. The molecule has 6 nitrogen and oxygen atoms in total. The highest BCUT2D eigenvalue weighted by molar-refractivity contribution is 6.04. The highest BCUT2D eigenvalue weighted by atomic mass is 16.4. The molecule has 0 unspecified atom stereocenters. The van der Waals surface area contributed by atoms with Crippen molar-refractivity contribution in [1.82, 2.24) is 4.98 Å². The SMILES string of the molecule is CCc1ccc2nc(-c3ccc(NC=C(C#N)C#N)cc3)cc(C(=O)O)c2c1. The molecule has 0 radical (unpaired) electrons.